The molecule has 0 amide bonds. The van der Waals surface area contributed by atoms with Crippen molar-refractivity contribution in [3.8, 4) is 11.5 Å². The van der Waals surface area contributed by atoms with E-state index in [-0.39, 0.29) is 17.2 Å². The van der Waals surface area contributed by atoms with Crippen molar-refractivity contribution in [2.24, 2.45) is 0 Å². The molecule has 2 rings (SSSR count). The number of halogens is 1. The standard InChI is InChI=1S/C15H14BrN2O7P/c1-10(15(19)20)17-26(23,24-13-6-2-11(16)3-7-13)25-14-8-4-12(5-9-14)18(21)22/h2-10H,1H3,(H,17,23)(H,19,20). The van der Waals surface area contributed by atoms with Crippen LogP contribution in [-0.2, 0) is 9.36 Å². The Morgan fingerprint density at radius 3 is 2.04 bits per heavy atom. The molecule has 2 atom stereocenters. The van der Waals surface area contributed by atoms with E-state index < -0.39 is 24.7 Å². The summed E-state index contributed by atoms with van der Waals surface area (Å²) in [6, 6.07) is 9.91. The number of hydrogen-bond donors (Lipinski definition) is 2. The fourth-order valence-electron chi connectivity index (χ4n) is 1.77. The number of nitro groups is 1. The molecule has 9 nitrogen and oxygen atoms in total. The lowest BCUT2D eigenvalue weighted by Crippen LogP contribution is -2.34. The Morgan fingerprint density at radius 1 is 1.15 bits per heavy atom. The summed E-state index contributed by atoms with van der Waals surface area (Å²) in [7, 11) is -4.14. The molecule has 2 aromatic carbocycles. The highest BCUT2D eigenvalue weighted by molar-refractivity contribution is 9.10. The van der Waals surface area contributed by atoms with Crippen molar-refractivity contribution in [1.29, 1.82) is 0 Å². The molecule has 0 fully saturated rings. The molecule has 0 heterocycles. The van der Waals surface area contributed by atoms with Gasteiger partial charge < -0.3 is 14.2 Å². The van der Waals surface area contributed by atoms with Crippen LogP contribution in [0.15, 0.2) is 53.0 Å². The zero-order chi connectivity index (χ0) is 19.3. The van der Waals surface area contributed by atoms with E-state index in [1.807, 2.05) is 0 Å². The molecule has 138 valence electrons. The van der Waals surface area contributed by atoms with Crippen molar-refractivity contribution in [3.05, 3.63) is 63.1 Å². The molecule has 0 bridgehead atoms. The number of benzene rings is 2. The van der Waals surface area contributed by atoms with Crippen molar-refractivity contribution in [2.45, 2.75) is 13.0 Å². The van der Waals surface area contributed by atoms with Gasteiger partial charge in [0, 0.05) is 16.6 Å². The van der Waals surface area contributed by atoms with Gasteiger partial charge in [0.05, 0.1) is 4.92 Å². The number of nitrogens with zero attached hydrogens (tertiary/aromatic N) is 1. The van der Waals surface area contributed by atoms with E-state index in [4.69, 9.17) is 14.2 Å². The molecule has 0 aliphatic rings. The van der Waals surface area contributed by atoms with Gasteiger partial charge in [-0.2, -0.15) is 5.09 Å². The average molecular weight is 445 g/mol. The minimum absolute atomic E-state index is 0.0149. The van der Waals surface area contributed by atoms with Crippen LogP contribution in [0.4, 0.5) is 5.69 Å². The first-order chi connectivity index (χ1) is 12.2. The third kappa shape index (κ3) is 5.55. The normalized spacial score (nSPS) is 14.1. The predicted octanol–water partition coefficient (Wildman–Crippen LogP) is 3.99. The minimum atomic E-state index is -4.14. The summed E-state index contributed by atoms with van der Waals surface area (Å²) in [6.07, 6.45) is 0. The largest absolute Gasteiger partial charge is 0.513 e. The first-order valence-electron chi connectivity index (χ1n) is 7.18. The lowest BCUT2D eigenvalue weighted by molar-refractivity contribution is -0.384. The van der Waals surface area contributed by atoms with E-state index >= 15 is 0 Å². The van der Waals surface area contributed by atoms with Gasteiger partial charge in [-0.15, -0.1) is 0 Å². The second kappa shape index (κ2) is 8.31. The number of nitro benzene ring substituents is 1. The van der Waals surface area contributed by atoms with Crippen molar-refractivity contribution in [3.63, 3.8) is 0 Å². The Kier molecular flexibility index (Phi) is 6.36. The summed E-state index contributed by atoms with van der Waals surface area (Å²) >= 11 is 3.25. The highest BCUT2D eigenvalue weighted by Gasteiger charge is 2.33. The molecule has 0 aliphatic carbocycles. The third-order valence-electron chi connectivity index (χ3n) is 3.03. The van der Waals surface area contributed by atoms with Gasteiger partial charge in [-0.05, 0) is 43.3 Å². The fraction of sp³-hybridized carbons (Fsp3) is 0.133. The minimum Gasteiger partial charge on any atom is -0.480 e. The third-order valence-corrected chi connectivity index (χ3v) is 5.17. The molecule has 0 spiro atoms. The van der Waals surface area contributed by atoms with Crippen molar-refractivity contribution >= 4 is 35.3 Å². The van der Waals surface area contributed by atoms with Crippen LogP contribution >= 0.6 is 23.7 Å². The van der Waals surface area contributed by atoms with Gasteiger partial charge >= 0.3 is 13.7 Å². The van der Waals surface area contributed by atoms with Crippen LogP contribution < -0.4 is 14.1 Å². The Balaban J connectivity index is 2.26. The smallest absolute Gasteiger partial charge is 0.480 e. The lowest BCUT2D eigenvalue weighted by Gasteiger charge is -2.22. The molecule has 0 aliphatic heterocycles. The molecule has 2 aromatic rings. The van der Waals surface area contributed by atoms with Crippen LogP contribution in [0.5, 0.6) is 11.5 Å². The van der Waals surface area contributed by atoms with Crippen molar-refractivity contribution < 1.29 is 28.4 Å². The predicted molar refractivity (Wildman–Crippen MR) is 96.3 cm³/mol. The maximum atomic E-state index is 13.0. The van der Waals surface area contributed by atoms with Crippen LogP contribution in [0.25, 0.3) is 0 Å². The molecule has 0 saturated heterocycles. The Labute approximate surface area is 156 Å². The van der Waals surface area contributed by atoms with E-state index in [0.29, 0.717) is 0 Å². The number of carboxylic acid groups (broad SMARTS) is 1. The van der Waals surface area contributed by atoms with Crippen LogP contribution in [0.3, 0.4) is 0 Å². The van der Waals surface area contributed by atoms with Crippen LogP contribution in [-0.4, -0.2) is 22.0 Å². The number of nitrogens with one attached hydrogen (secondary N) is 1. The van der Waals surface area contributed by atoms with E-state index in [2.05, 4.69) is 21.0 Å². The first kappa shape index (κ1) is 19.9. The average Bonchev–Trinajstić information content (AvgIpc) is 2.57. The molecular weight excluding hydrogens is 431 g/mol. The van der Waals surface area contributed by atoms with Gasteiger partial charge in [-0.3, -0.25) is 14.9 Å². The molecular formula is C15H14BrN2O7P. The number of rotatable bonds is 8. The SMILES string of the molecule is CC(NP(=O)(Oc1ccc(Br)cc1)Oc1ccc([N+](=O)[O-])cc1)C(=O)O. The number of non-ortho nitro benzene ring substituents is 1. The van der Waals surface area contributed by atoms with Gasteiger partial charge in [0.25, 0.3) is 5.69 Å². The summed E-state index contributed by atoms with van der Waals surface area (Å²) in [6.45, 7) is 1.28. The van der Waals surface area contributed by atoms with E-state index in [1.165, 1.54) is 43.3 Å². The molecule has 2 N–H and O–H groups in total. The topological polar surface area (TPSA) is 128 Å². The van der Waals surface area contributed by atoms with E-state index in [1.54, 1.807) is 12.1 Å². The second-order valence-corrected chi connectivity index (χ2v) is 7.61. The van der Waals surface area contributed by atoms with Gasteiger partial charge in [-0.25, -0.2) is 4.57 Å². The molecule has 26 heavy (non-hydrogen) atoms. The first-order valence-corrected chi connectivity index (χ1v) is 9.52. The monoisotopic (exact) mass is 444 g/mol. The van der Waals surface area contributed by atoms with Crippen molar-refractivity contribution in [1.82, 2.24) is 5.09 Å². The summed E-state index contributed by atoms with van der Waals surface area (Å²) in [5.74, 6) is -1.05. The zero-order valence-corrected chi connectivity index (χ0v) is 15.8. The number of hydrogen-bond acceptors (Lipinski definition) is 6. The van der Waals surface area contributed by atoms with Crippen molar-refractivity contribution in [2.75, 3.05) is 0 Å². The summed E-state index contributed by atoms with van der Waals surface area (Å²) in [5, 5.41) is 22.0. The van der Waals surface area contributed by atoms with Gasteiger partial charge in [-0.1, -0.05) is 15.9 Å². The number of carbonyl (C=O) groups is 1. The second-order valence-electron chi connectivity index (χ2n) is 5.07. The van der Waals surface area contributed by atoms with Gasteiger partial charge in [0.2, 0.25) is 0 Å². The molecule has 0 saturated carbocycles. The number of carboxylic acids is 1. The van der Waals surface area contributed by atoms with E-state index in [9.17, 15) is 19.5 Å². The quantitative estimate of drug-likeness (QED) is 0.355. The Bertz CT molecular complexity index is 842. The Morgan fingerprint density at radius 2 is 1.62 bits per heavy atom. The van der Waals surface area contributed by atoms with Crippen LogP contribution in [0.1, 0.15) is 6.92 Å². The number of aliphatic carboxylic acids is 1. The zero-order valence-electron chi connectivity index (χ0n) is 13.4. The molecule has 0 aromatic heterocycles. The van der Waals surface area contributed by atoms with Crippen LogP contribution in [0, 0.1) is 10.1 Å². The highest BCUT2D eigenvalue weighted by Crippen LogP contribution is 2.45. The molecule has 2 unspecified atom stereocenters. The maximum Gasteiger partial charge on any atom is 0.513 e. The maximum absolute atomic E-state index is 13.0. The summed E-state index contributed by atoms with van der Waals surface area (Å²) in [5.41, 5.74) is -0.173. The van der Waals surface area contributed by atoms with Gasteiger partial charge in [0.15, 0.2) is 0 Å². The molecule has 0 radical (unpaired) electrons. The van der Waals surface area contributed by atoms with Gasteiger partial charge in [0.1, 0.15) is 17.5 Å². The highest BCUT2D eigenvalue weighted by atomic mass is 79.9. The molecule has 11 heteroatoms. The summed E-state index contributed by atoms with van der Waals surface area (Å²) in [4.78, 5) is 21.2. The fourth-order valence-corrected chi connectivity index (χ4v) is 3.56. The Hall–Kier alpha value is -2.42. The van der Waals surface area contributed by atoms with E-state index in [0.717, 1.165) is 4.47 Å². The van der Waals surface area contributed by atoms with Crippen LogP contribution in [0.2, 0.25) is 0 Å². The summed E-state index contributed by atoms with van der Waals surface area (Å²) < 4.78 is 24.5. The lowest BCUT2D eigenvalue weighted by atomic mass is 10.3.